The van der Waals surface area contributed by atoms with E-state index in [1.165, 1.54) is 0 Å². The number of hydrogen-bond acceptors (Lipinski definition) is 4. The minimum Gasteiger partial charge on any atom is -0.484 e. The highest BCUT2D eigenvalue weighted by molar-refractivity contribution is 6.62. The average Bonchev–Trinajstić information content (AvgIpc) is 2.72. The predicted molar refractivity (Wildman–Crippen MR) is 91.4 cm³/mol. The number of ether oxygens (including phenoxy) is 1. The molecule has 8 heteroatoms. The summed E-state index contributed by atoms with van der Waals surface area (Å²) in [4.78, 5) is 11.4. The van der Waals surface area contributed by atoms with E-state index in [-0.39, 0.29) is 6.61 Å². The minimum absolute atomic E-state index is 0.316. The number of halogens is 2. The van der Waals surface area contributed by atoms with Gasteiger partial charge in [-0.05, 0) is 51.7 Å². The monoisotopic (exact) mass is 355 g/mol. The van der Waals surface area contributed by atoms with Crippen molar-refractivity contribution < 1.29 is 27.6 Å². The van der Waals surface area contributed by atoms with E-state index in [1.807, 2.05) is 46.8 Å². The molecule has 0 atom stereocenters. The Labute approximate surface area is 147 Å². The van der Waals surface area contributed by atoms with Crippen molar-refractivity contribution in [2.45, 2.75) is 52.2 Å². The van der Waals surface area contributed by atoms with E-state index < -0.39 is 37.2 Å². The lowest BCUT2D eigenvalue weighted by Gasteiger charge is -2.32. The van der Waals surface area contributed by atoms with Gasteiger partial charge in [-0.15, -0.1) is 0 Å². The van der Waals surface area contributed by atoms with Gasteiger partial charge in [0.15, 0.2) is 6.61 Å². The summed E-state index contributed by atoms with van der Waals surface area (Å²) in [7, 11) is -0.480. The molecule has 25 heavy (non-hydrogen) atoms. The molecule has 1 N–H and O–H groups in total. The van der Waals surface area contributed by atoms with Crippen molar-refractivity contribution in [2.24, 2.45) is 0 Å². The van der Waals surface area contributed by atoms with Gasteiger partial charge >= 0.3 is 7.12 Å². The first-order chi connectivity index (χ1) is 11.5. The van der Waals surface area contributed by atoms with Crippen LogP contribution >= 0.6 is 0 Å². The van der Waals surface area contributed by atoms with Crippen LogP contribution in [0.3, 0.4) is 0 Å². The van der Waals surface area contributed by atoms with Crippen molar-refractivity contribution in [3.63, 3.8) is 0 Å². The number of hydrogen-bond donors (Lipinski definition) is 1. The van der Waals surface area contributed by atoms with Crippen LogP contribution in [-0.2, 0) is 14.1 Å². The summed E-state index contributed by atoms with van der Waals surface area (Å²) < 4.78 is 41.5. The third-order valence-electron chi connectivity index (χ3n) is 4.54. The van der Waals surface area contributed by atoms with Crippen molar-refractivity contribution in [2.75, 3.05) is 13.2 Å². The molecule has 1 heterocycles. The fourth-order valence-corrected chi connectivity index (χ4v) is 2.35. The van der Waals surface area contributed by atoms with Crippen molar-refractivity contribution in [1.82, 2.24) is 5.32 Å². The minimum atomic E-state index is -2.58. The fraction of sp³-hybridized carbons (Fsp3) is 0.588. The average molecular weight is 355 g/mol. The van der Waals surface area contributed by atoms with E-state index in [2.05, 4.69) is 5.32 Å². The maximum absolute atomic E-state index is 12.0. The van der Waals surface area contributed by atoms with Gasteiger partial charge in [0.05, 0.1) is 17.7 Å². The molecule has 2 rings (SSSR count). The zero-order valence-corrected chi connectivity index (χ0v) is 15.2. The van der Waals surface area contributed by atoms with Gasteiger partial charge in [0.2, 0.25) is 0 Å². The Kier molecular flexibility index (Phi) is 5.73. The summed E-state index contributed by atoms with van der Waals surface area (Å²) >= 11 is 0. The van der Waals surface area contributed by atoms with E-state index in [0.717, 1.165) is 11.0 Å². The lowest BCUT2D eigenvalue weighted by Crippen LogP contribution is -2.41. The number of nitrogens with one attached hydrogen (secondary N) is 1. The second-order valence-electron chi connectivity index (χ2n) is 7.10. The topological polar surface area (TPSA) is 56.8 Å². The van der Waals surface area contributed by atoms with Crippen molar-refractivity contribution in [3.05, 3.63) is 23.8 Å². The third kappa shape index (κ3) is 4.70. The Morgan fingerprint density at radius 2 is 1.84 bits per heavy atom. The molecule has 0 aliphatic carbocycles. The van der Waals surface area contributed by atoms with E-state index in [1.54, 1.807) is 6.07 Å². The van der Waals surface area contributed by atoms with Crippen molar-refractivity contribution in [1.29, 1.82) is 0 Å². The Morgan fingerprint density at radius 1 is 1.24 bits per heavy atom. The predicted octanol–water partition coefficient (Wildman–Crippen LogP) is 2.05. The zero-order valence-electron chi connectivity index (χ0n) is 15.2. The summed E-state index contributed by atoms with van der Waals surface area (Å²) in [6.45, 7) is 8.77. The first kappa shape index (κ1) is 19.7. The van der Waals surface area contributed by atoms with Gasteiger partial charge in [-0.1, -0.05) is 12.1 Å². The van der Waals surface area contributed by atoms with Crippen molar-refractivity contribution >= 4 is 18.5 Å². The van der Waals surface area contributed by atoms with Crippen LogP contribution in [0.5, 0.6) is 5.75 Å². The number of alkyl halides is 2. The highest BCUT2D eigenvalue weighted by Crippen LogP contribution is 2.36. The Bertz CT molecular complexity index is 621. The molecule has 1 aromatic carbocycles. The molecule has 1 amide bonds. The van der Waals surface area contributed by atoms with E-state index >= 15 is 0 Å². The van der Waals surface area contributed by atoms with Crippen LogP contribution in [-0.4, -0.2) is 43.8 Å². The van der Waals surface area contributed by atoms with Crippen LogP contribution in [0.25, 0.3) is 0 Å². The summed E-state index contributed by atoms with van der Waals surface area (Å²) in [5, 5.41) is 2.09. The molecular formula is C17H24BF2NO4. The molecule has 0 aromatic heterocycles. The van der Waals surface area contributed by atoms with E-state index in [9.17, 15) is 13.6 Å². The van der Waals surface area contributed by atoms with Crippen LogP contribution in [0.4, 0.5) is 8.78 Å². The molecule has 0 unspecified atom stereocenters. The molecule has 0 spiro atoms. The second-order valence-corrected chi connectivity index (χ2v) is 7.10. The van der Waals surface area contributed by atoms with E-state index in [0.29, 0.717) is 5.75 Å². The number of benzene rings is 1. The van der Waals surface area contributed by atoms with Gasteiger partial charge in [-0.3, -0.25) is 4.79 Å². The number of carbonyl (C=O) groups is 1. The molecule has 5 nitrogen and oxygen atoms in total. The highest BCUT2D eigenvalue weighted by Gasteiger charge is 2.51. The molecule has 0 radical (unpaired) electrons. The van der Waals surface area contributed by atoms with Crippen LogP contribution in [0.1, 0.15) is 33.3 Å². The summed E-state index contributed by atoms with van der Waals surface area (Å²) in [6.07, 6.45) is -2.58. The molecule has 0 bridgehead atoms. The lowest BCUT2D eigenvalue weighted by atomic mass is 9.78. The fourth-order valence-electron chi connectivity index (χ4n) is 2.35. The molecule has 0 saturated carbocycles. The highest BCUT2D eigenvalue weighted by atomic mass is 19.3. The molecule has 1 aliphatic heterocycles. The summed E-state index contributed by atoms with van der Waals surface area (Å²) in [6, 6.07) is 5.40. The van der Waals surface area contributed by atoms with Crippen LogP contribution in [0.2, 0.25) is 0 Å². The Morgan fingerprint density at radius 3 is 2.36 bits per heavy atom. The smallest absolute Gasteiger partial charge is 0.484 e. The standard InChI is InChI=1S/C17H24BF2NO4/c1-11-8-12(18-24-16(2,3)17(4,5)25-18)6-7-13(11)23-10-15(22)21-9-14(19)20/h6-8,14H,9-10H2,1-5H3,(H,21,22). The summed E-state index contributed by atoms with van der Waals surface area (Å²) in [5.74, 6) is -0.0813. The number of rotatable bonds is 6. The number of amides is 1. The maximum Gasteiger partial charge on any atom is 0.494 e. The third-order valence-corrected chi connectivity index (χ3v) is 4.54. The molecule has 138 valence electrons. The van der Waals surface area contributed by atoms with E-state index in [4.69, 9.17) is 14.0 Å². The van der Waals surface area contributed by atoms with Gasteiger partial charge in [0.1, 0.15) is 5.75 Å². The number of carbonyl (C=O) groups excluding carboxylic acids is 1. The lowest BCUT2D eigenvalue weighted by molar-refractivity contribution is -0.123. The largest absolute Gasteiger partial charge is 0.494 e. The summed E-state index contributed by atoms with van der Waals surface area (Å²) in [5.41, 5.74) is 0.798. The van der Waals surface area contributed by atoms with Gasteiger partial charge in [-0.25, -0.2) is 8.78 Å². The quantitative estimate of drug-likeness (QED) is 0.794. The van der Waals surface area contributed by atoms with Gasteiger partial charge in [0, 0.05) is 0 Å². The normalized spacial score (nSPS) is 18.5. The van der Waals surface area contributed by atoms with Crippen LogP contribution < -0.4 is 15.5 Å². The SMILES string of the molecule is Cc1cc(B2OC(C)(C)C(C)(C)O2)ccc1OCC(=O)NCC(F)F. The maximum atomic E-state index is 12.0. The van der Waals surface area contributed by atoms with Gasteiger partial charge < -0.3 is 19.4 Å². The first-order valence-electron chi connectivity index (χ1n) is 8.16. The van der Waals surface area contributed by atoms with Crippen molar-refractivity contribution in [3.8, 4) is 5.75 Å². The van der Waals surface area contributed by atoms with Crippen LogP contribution in [0.15, 0.2) is 18.2 Å². The molecular weight excluding hydrogens is 331 g/mol. The Hall–Kier alpha value is -1.67. The number of aryl methyl sites for hydroxylation is 1. The molecule has 1 aromatic rings. The van der Waals surface area contributed by atoms with Crippen LogP contribution in [0, 0.1) is 6.92 Å². The van der Waals surface area contributed by atoms with Gasteiger partial charge in [-0.2, -0.15) is 0 Å². The molecule has 1 fully saturated rings. The molecule has 1 aliphatic rings. The second kappa shape index (κ2) is 7.29. The zero-order chi connectivity index (χ0) is 18.8. The Balaban J connectivity index is 1.98. The van der Waals surface area contributed by atoms with Gasteiger partial charge in [0.25, 0.3) is 12.3 Å². The molecule has 1 saturated heterocycles. The first-order valence-corrected chi connectivity index (χ1v) is 8.16.